The van der Waals surface area contributed by atoms with Gasteiger partial charge in [-0.2, -0.15) is 5.26 Å². The van der Waals surface area contributed by atoms with Crippen LogP contribution in [0.3, 0.4) is 0 Å². The molecular weight excluding hydrogens is 432 g/mol. The molecule has 0 unspecified atom stereocenters. The third-order valence-electron chi connectivity index (χ3n) is 5.39. The zero-order valence-corrected chi connectivity index (χ0v) is 20.2. The molecule has 9 nitrogen and oxygen atoms in total. The van der Waals surface area contributed by atoms with Crippen LogP contribution in [-0.2, 0) is 22.4 Å². The van der Waals surface area contributed by atoms with E-state index in [1.165, 1.54) is 12.4 Å². The Balaban J connectivity index is 1.54. The Kier molecular flexibility index (Phi) is 9.76. The third kappa shape index (κ3) is 8.37. The average molecular weight is 467 g/mol. The first-order chi connectivity index (χ1) is 16.4. The molecule has 34 heavy (non-hydrogen) atoms. The van der Waals surface area contributed by atoms with E-state index in [1.54, 1.807) is 0 Å². The average Bonchev–Trinajstić information content (AvgIpc) is 2.81. The second-order valence-electron chi connectivity index (χ2n) is 8.75. The zero-order valence-electron chi connectivity index (χ0n) is 20.2. The van der Waals surface area contributed by atoms with E-state index in [-0.39, 0.29) is 24.1 Å². The molecule has 9 heteroatoms. The first-order valence-corrected chi connectivity index (χ1v) is 11.8. The maximum Gasteiger partial charge on any atom is 0.230 e. The van der Waals surface area contributed by atoms with Gasteiger partial charge in [0.1, 0.15) is 11.8 Å². The van der Waals surface area contributed by atoms with E-state index >= 15 is 0 Å². The molecule has 2 heterocycles. The van der Waals surface area contributed by atoms with Crippen molar-refractivity contribution in [2.75, 3.05) is 44.7 Å². The summed E-state index contributed by atoms with van der Waals surface area (Å²) in [5, 5.41) is 15.3. The summed E-state index contributed by atoms with van der Waals surface area (Å²) in [5.41, 5.74) is 2.48. The summed E-state index contributed by atoms with van der Waals surface area (Å²) in [4.78, 5) is 23.0. The molecule has 1 aromatic heterocycles. The minimum atomic E-state index is -0.223. The van der Waals surface area contributed by atoms with Crippen molar-refractivity contribution in [3.05, 3.63) is 47.5 Å². The third-order valence-corrected chi connectivity index (χ3v) is 5.39. The standard InChI is InChI=1S/C25H34N6O3/c1-18(2)34-24-12-20(6-7-27-19(3)17-31-8-10-33-11-9-31)4-5-23(24)30-25(32)13-21-15-29-22(14-26)16-28-21/h4-5,12,15-16,18-19,27H,6-11,13,17H2,1-3H3,(H,30,32)/t19-/m1/s1. The van der Waals surface area contributed by atoms with Crippen LogP contribution in [0.2, 0.25) is 0 Å². The summed E-state index contributed by atoms with van der Waals surface area (Å²) in [6.07, 6.45) is 3.70. The fraction of sp³-hybridized carbons (Fsp3) is 0.520. The molecule has 1 aliphatic rings. The molecule has 0 bridgehead atoms. The summed E-state index contributed by atoms with van der Waals surface area (Å²) in [6.45, 7) is 11.6. The lowest BCUT2D eigenvalue weighted by Gasteiger charge is -2.29. The highest BCUT2D eigenvalue weighted by atomic mass is 16.5. The lowest BCUT2D eigenvalue weighted by Crippen LogP contribution is -2.44. The molecule has 1 aromatic carbocycles. The van der Waals surface area contributed by atoms with Crippen LogP contribution >= 0.6 is 0 Å². The number of rotatable bonds is 11. The number of morpholine rings is 1. The van der Waals surface area contributed by atoms with Crippen molar-refractivity contribution in [1.82, 2.24) is 20.2 Å². The Morgan fingerprint density at radius 2 is 2.03 bits per heavy atom. The minimum absolute atomic E-state index is 0.0260. The Morgan fingerprint density at radius 3 is 2.71 bits per heavy atom. The number of carbonyl (C=O) groups is 1. The van der Waals surface area contributed by atoms with Gasteiger partial charge in [0.25, 0.3) is 0 Å². The fourth-order valence-electron chi connectivity index (χ4n) is 3.74. The number of hydrogen-bond donors (Lipinski definition) is 2. The molecule has 1 atom stereocenters. The quantitative estimate of drug-likeness (QED) is 0.518. The fourth-order valence-corrected chi connectivity index (χ4v) is 3.74. The molecule has 1 aliphatic heterocycles. The maximum absolute atomic E-state index is 12.5. The Bertz CT molecular complexity index is 968. The van der Waals surface area contributed by atoms with Crippen molar-refractivity contribution in [2.45, 2.75) is 45.8 Å². The SMILES string of the molecule is CC(C)Oc1cc(CCN[C@H](C)CN2CCOCC2)ccc1NC(=O)Cc1cnc(C#N)cn1. The van der Waals surface area contributed by atoms with Gasteiger partial charge in [0.15, 0.2) is 5.69 Å². The molecular formula is C25H34N6O3. The van der Waals surface area contributed by atoms with Gasteiger partial charge < -0.3 is 20.1 Å². The first-order valence-electron chi connectivity index (χ1n) is 11.8. The first kappa shape index (κ1) is 25.6. The van der Waals surface area contributed by atoms with E-state index in [9.17, 15) is 4.79 Å². The molecule has 0 aliphatic carbocycles. The highest BCUT2D eigenvalue weighted by Crippen LogP contribution is 2.27. The molecule has 0 radical (unpaired) electrons. The van der Waals surface area contributed by atoms with Crippen LogP contribution in [0, 0.1) is 11.3 Å². The number of carbonyl (C=O) groups excluding carboxylic acids is 1. The maximum atomic E-state index is 12.5. The second-order valence-corrected chi connectivity index (χ2v) is 8.75. The highest BCUT2D eigenvalue weighted by Gasteiger charge is 2.14. The van der Waals surface area contributed by atoms with Gasteiger partial charge in [-0.15, -0.1) is 0 Å². The van der Waals surface area contributed by atoms with Crippen molar-refractivity contribution >= 4 is 11.6 Å². The number of aromatic nitrogens is 2. The van der Waals surface area contributed by atoms with E-state index < -0.39 is 0 Å². The summed E-state index contributed by atoms with van der Waals surface area (Å²) < 4.78 is 11.4. The van der Waals surface area contributed by atoms with Crippen molar-refractivity contribution in [3.63, 3.8) is 0 Å². The molecule has 1 fully saturated rings. The monoisotopic (exact) mass is 466 g/mol. The molecule has 2 N–H and O–H groups in total. The van der Waals surface area contributed by atoms with Gasteiger partial charge in [-0.25, -0.2) is 4.98 Å². The summed E-state index contributed by atoms with van der Waals surface area (Å²) in [5.74, 6) is 0.423. The topological polar surface area (TPSA) is 112 Å². The molecule has 0 spiro atoms. The number of ether oxygens (including phenoxy) is 2. The van der Waals surface area contributed by atoms with Crippen LogP contribution in [0.5, 0.6) is 5.75 Å². The number of hydrogen-bond acceptors (Lipinski definition) is 8. The zero-order chi connectivity index (χ0) is 24.3. The van der Waals surface area contributed by atoms with E-state index in [0.29, 0.717) is 23.2 Å². The largest absolute Gasteiger partial charge is 0.489 e. The summed E-state index contributed by atoms with van der Waals surface area (Å²) >= 11 is 0. The molecule has 2 aromatic rings. The van der Waals surface area contributed by atoms with Gasteiger partial charge >= 0.3 is 0 Å². The minimum Gasteiger partial charge on any atom is -0.489 e. The lowest BCUT2D eigenvalue weighted by atomic mass is 10.1. The number of nitrogens with one attached hydrogen (secondary N) is 2. The van der Waals surface area contributed by atoms with Crippen LogP contribution < -0.4 is 15.4 Å². The van der Waals surface area contributed by atoms with E-state index in [0.717, 1.165) is 51.4 Å². The van der Waals surface area contributed by atoms with Crippen molar-refractivity contribution in [3.8, 4) is 11.8 Å². The second kappa shape index (κ2) is 13.0. The van der Waals surface area contributed by atoms with Crippen LogP contribution in [0.25, 0.3) is 0 Å². The number of nitriles is 1. The van der Waals surface area contributed by atoms with Crippen molar-refractivity contribution in [2.24, 2.45) is 0 Å². The van der Waals surface area contributed by atoms with Crippen LogP contribution in [0.1, 0.15) is 37.7 Å². The van der Waals surface area contributed by atoms with E-state index in [4.69, 9.17) is 14.7 Å². The highest BCUT2D eigenvalue weighted by molar-refractivity contribution is 5.93. The molecule has 1 saturated heterocycles. The molecule has 182 valence electrons. The van der Waals surface area contributed by atoms with Gasteiger partial charge in [-0.1, -0.05) is 6.07 Å². The Morgan fingerprint density at radius 1 is 1.24 bits per heavy atom. The number of anilines is 1. The van der Waals surface area contributed by atoms with E-state index in [1.807, 2.05) is 38.1 Å². The van der Waals surface area contributed by atoms with Crippen molar-refractivity contribution in [1.29, 1.82) is 5.26 Å². The number of benzene rings is 1. The van der Waals surface area contributed by atoms with Gasteiger partial charge in [-0.3, -0.25) is 14.7 Å². The normalized spacial score (nSPS) is 15.0. The lowest BCUT2D eigenvalue weighted by molar-refractivity contribution is -0.115. The van der Waals surface area contributed by atoms with Gasteiger partial charge in [0, 0.05) is 25.7 Å². The van der Waals surface area contributed by atoms with Gasteiger partial charge in [0.05, 0.1) is 49.5 Å². The molecule has 3 rings (SSSR count). The van der Waals surface area contributed by atoms with Gasteiger partial charge in [0.2, 0.25) is 5.91 Å². The number of amides is 1. The Hall–Kier alpha value is -3.06. The number of nitrogens with zero attached hydrogens (tertiary/aromatic N) is 4. The Labute approximate surface area is 201 Å². The van der Waals surface area contributed by atoms with E-state index in [2.05, 4.69) is 32.4 Å². The summed E-state index contributed by atoms with van der Waals surface area (Å²) in [7, 11) is 0. The molecule has 0 saturated carbocycles. The van der Waals surface area contributed by atoms with Crippen molar-refractivity contribution < 1.29 is 14.3 Å². The predicted octanol–water partition coefficient (Wildman–Crippen LogP) is 2.17. The smallest absolute Gasteiger partial charge is 0.230 e. The van der Waals surface area contributed by atoms with Crippen LogP contribution in [0.15, 0.2) is 30.6 Å². The van der Waals surface area contributed by atoms with Gasteiger partial charge in [-0.05, 0) is 51.4 Å². The van der Waals surface area contributed by atoms with Crippen LogP contribution in [0.4, 0.5) is 5.69 Å². The molecule has 1 amide bonds. The van der Waals surface area contributed by atoms with Crippen LogP contribution in [-0.4, -0.2) is 72.3 Å². The predicted molar refractivity (Wildman–Crippen MR) is 130 cm³/mol. The summed E-state index contributed by atoms with van der Waals surface area (Å²) in [6, 6.07) is 8.20.